The summed E-state index contributed by atoms with van der Waals surface area (Å²) in [6.45, 7) is 1.81. The van der Waals surface area contributed by atoms with Crippen molar-refractivity contribution in [2.45, 2.75) is 17.6 Å². The van der Waals surface area contributed by atoms with E-state index in [4.69, 9.17) is 28.9 Å². The van der Waals surface area contributed by atoms with Gasteiger partial charge < -0.3 is 5.73 Å². The summed E-state index contributed by atoms with van der Waals surface area (Å²) in [6.07, 6.45) is 0. The number of nitrogens with two attached hydrogens (primary N) is 1. The Morgan fingerprint density at radius 1 is 1.15 bits per heavy atom. The van der Waals surface area contributed by atoms with Crippen LogP contribution in [-0.4, -0.2) is 8.42 Å². The quantitative estimate of drug-likeness (QED) is 0.870. The van der Waals surface area contributed by atoms with Crippen molar-refractivity contribution < 1.29 is 8.42 Å². The highest BCUT2D eigenvalue weighted by Gasteiger charge is 2.20. The van der Waals surface area contributed by atoms with E-state index < -0.39 is 9.84 Å². The number of anilines is 1. The number of aryl methyl sites for hydroxylation is 1. The molecular formula is C14H13Cl2NO2S. The minimum atomic E-state index is -3.57. The fraction of sp³-hybridized carbons (Fsp3) is 0.143. The Kier molecular flexibility index (Phi) is 4.28. The minimum Gasteiger partial charge on any atom is -0.398 e. The van der Waals surface area contributed by atoms with E-state index in [0.717, 1.165) is 5.56 Å². The number of sulfone groups is 1. The maximum absolute atomic E-state index is 12.5. The van der Waals surface area contributed by atoms with Crippen LogP contribution in [0.15, 0.2) is 41.3 Å². The molecule has 2 rings (SSSR count). The van der Waals surface area contributed by atoms with Crippen LogP contribution in [0.1, 0.15) is 11.1 Å². The summed E-state index contributed by atoms with van der Waals surface area (Å²) in [5.41, 5.74) is 7.28. The Bertz CT molecular complexity index is 758. The molecule has 0 radical (unpaired) electrons. The van der Waals surface area contributed by atoms with Crippen molar-refractivity contribution in [1.29, 1.82) is 0 Å². The molecule has 2 N–H and O–H groups in total. The first kappa shape index (κ1) is 15.2. The number of halogens is 2. The van der Waals surface area contributed by atoms with E-state index in [1.807, 2.05) is 6.92 Å². The topological polar surface area (TPSA) is 60.2 Å². The molecule has 0 spiro atoms. The van der Waals surface area contributed by atoms with Gasteiger partial charge in [0.1, 0.15) is 0 Å². The summed E-state index contributed by atoms with van der Waals surface area (Å²) < 4.78 is 24.9. The minimum absolute atomic E-state index is 0.119. The van der Waals surface area contributed by atoms with Crippen LogP contribution in [0.4, 0.5) is 5.69 Å². The van der Waals surface area contributed by atoms with E-state index in [9.17, 15) is 8.42 Å². The number of hydrogen-bond acceptors (Lipinski definition) is 3. The second kappa shape index (κ2) is 5.64. The molecule has 0 aliphatic heterocycles. The Hall–Kier alpha value is -1.23. The van der Waals surface area contributed by atoms with Crippen LogP contribution in [0.2, 0.25) is 10.0 Å². The molecule has 2 aromatic carbocycles. The van der Waals surface area contributed by atoms with Gasteiger partial charge in [0.2, 0.25) is 0 Å². The normalized spacial score (nSPS) is 11.6. The Balaban J connectivity index is 2.46. The monoisotopic (exact) mass is 329 g/mol. The molecule has 0 aliphatic carbocycles. The summed E-state index contributed by atoms with van der Waals surface area (Å²) in [7, 11) is -3.57. The van der Waals surface area contributed by atoms with Crippen molar-refractivity contribution in [1.82, 2.24) is 0 Å². The van der Waals surface area contributed by atoms with Crippen LogP contribution in [0.3, 0.4) is 0 Å². The smallest absolute Gasteiger partial charge is 0.184 e. The maximum atomic E-state index is 12.5. The summed E-state index contributed by atoms with van der Waals surface area (Å²) in [4.78, 5) is 0.119. The van der Waals surface area contributed by atoms with Gasteiger partial charge in [-0.05, 0) is 36.2 Å². The molecule has 6 heteroatoms. The summed E-state index contributed by atoms with van der Waals surface area (Å²) in [5.74, 6) is -0.236. The predicted molar refractivity (Wildman–Crippen MR) is 82.9 cm³/mol. The molecule has 20 heavy (non-hydrogen) atoms. The molecule has 0 bridgehead atoms. The maximum Gasteiger partial charge on any atom is 0.184 e. The summed E-state index contributed by atoms with van der Waals surface area (Å²) in [6, 6.07) is 9.82. The van der Waals surface area contributed by atoms with Gasteiger partial charge in [-0.25, -0.2) is 8.42 Å². The molecule has 2 aromatic rings. The van der Waals surface area contributed by atoms with E-state index >= 15 is 0 Å². The lowest BCUT2D eigenvalue weighted by Crippen LogP contribution is -2.08. The van der Waals surface area contributed by atoms with Crippen molar-refractivity contribution in [3.8, 4) is 0 Å². The number of benzene rings is 2. The van der Waals surface area contributed by atoms with Gasteiger partial charge in [-0.1, -0.05) is 41.4 Å². The molecule has 0 saturated heterocycles. The highest BCUT2D eigenvalue weighted by molar-refractivity contribution is 7.90. The highest BCUT2D eigenvalue weighted by atomic mass is 35.5. The zero-order chi connectivity index (χ0) is 14.9. The van der Waals surface area contributed by atoms with Gasteiger partial charge in [0.05, 0.1) is 26.4 Å². The van der Waals surface area contributed by atoms with Crippen LogP contribution in [-0.2, 0) is 15.6 Å². The SMILES string of the molecule is Cc1ccc(N)c(S(=O)(=O)Cc2cccc(Cl)c2Cl)c1. The van der Waals surface area contributed by atoms with Crippen molar-refractivity contribution in [2.24, 2.45) is 0 Å². The van der Waals surface area contributed by atoms with Crippen LogP contribution < -0.4 is 5.73 Å². The van der Waals surface area contributed by atoms with Crippen LogP contribution >= 0.6 is 23.2 Å². The predicted octanol–water partition coefficient (Wildman–Crippen LogP) is 3.86. The molecule has 106 valence electrons. The van der Waals surface area contributed by atoms with E-state index in [0.29, 0.717) is 10.6 Å². The van der Waals surface area contributed by atoms with Crippen molar-refractivity contribution >= 4 is 38.7 Å². The summed E-state index contributed by atoms with van der Waals surface area (Å²) in [5, 5.41) is 0.584. The van der Waals surface area contributed by atoms with Crippen LogP contribution in [0.25, 0.3) is 0 Å². The third-order valence-corrected chi connectivity index (χ3v) is 5.45. The van der Waals surface area contributed by atoms with Gasteiger partial charge in [0.25, 0.3) is 0 Å². The summed E-state index contributed by atoms with van der Waals surface area (Å²) >= 11 is 11.9. The highest BCUT2D eigenvalue weighted by Crippen LogP contribution is 2.30. The van der Waals surface area contributed by atoms with Gasteiger partial charge in [0, 0.05) is 0 Å². The van der Waals surface area contributed by atoms with Crippen molar-refractivity contribution in [3.63, 3.8) is 0 Å². The molecule has 3 nitrogen and oxygen atoms in total. The zero-order valence-electron chi connectivity index (χ0n) is 10.7. The molecule has 0 heterocycles. The lowest BCUT2D eigenvalue weighted by atomic mass is 10.2. The first-order valence-corrected chi connectivity index (χ1v) is 8.24. The fourth-order valence-electron chi connectivity index (χ4n) is 1.85. The molecule has 0 atom stereocenters. The Morgan fingerprint density at radius 3 is 2.55 bits per heavy atom. The Labute approximate surface area is 128 Å². The second-order valence-corrected chi connectivity index (χ2v) is 7.26. The lowest BCUT2D eigenvalue weighted by Gasteiger charge is -2.10. The first-order chi connectivity index (χ1) is 9.31. The van der Waals surface area contributed by atoms with E-state index in [2.05, 4.69) is 0 Å². The fourth-order valence-corrected chi connectivity index (χ4v) is 3.92. The molecule has 0 aliphatic rings. The first-order valence-electron chi connectivity index (χ1n) is 5.83. The Morgan fingerprint density at radius 2 is 1.85 bits per heavy atom. The average molecular weight is 330 g/mol. The number of nitrogen functional groups attached to an aromatic ring is 1. The number of rotatable bonds is 3. The van der Waals surface area contributed by atoms with Gasteiger partial charge in [-0.2, -0.15) is 0 Å². The third-order valence-electron chi connectivity index (χ3n) is 2.88. The molecule has 0 aromatic heterocycles. The molecule has 0 unspecified atom stereocenters. The van der Waals surface area contributed by atoms with Crippen LogP contribution in [0, 0.1) is 6.92 Å². The van der Waals surface area contributed by atoms with Crippen molar-refractivity contribution in [2.75, 3.05) is 5.73 Å². The molecule has 0 saturated carbocycles. The molecule has 0 amide bonds. The lowest BCUT2D eigenvalue weighted by molar-refractivity contribution is 0.595. The van der Waals surface area contributed by atoms with Crippen LogP contribution in [0.5, 0.6) is 0 Å². The van der Waals surface area contributed by atoms with E-state index in [-0.39, 0.29) is 21.4 Å². The molecule has 0 fully saturated rings. The number of hydrogen-bond donors (Lipinski definition) is 1. The van der Waals surface area contributed by atoms with Gasteiger partial charge in [0.15, 0.2) is 9.84 Å². The van der Waals surface area contributed by atoms with E-state index in [1.165, 1.54) is 0 Å². The third kappa shape index (κ3) is 3.08. The standard InChI is InChI=1S/C14H13Cl2NO2S/c1-9-5-6-12(17)13(7-9)20(18,19)8-10-3-2-4-11(15)14(10)16/h2-7H,8,17H2,1H3. The van der Waals surface area contributed by atoms with Crippen molar-refractivity contribution in [3.05, 3.63) is 57.6 Å². The van der Waals surface area contributed by atoms with Gasteiger partial charge >= 0.3 is 0 Å². The zero-order valence-corrected chi connectivity index (χ0v) is 13.1. The molecular weight excluding hydrogens is 317 g/mol. The second-order valence-electron chi connectivity index (χ2n) is 4.51. The largest absolute Gasteiger partial charge is 0.398 e. The van der Waals surface area contributed by atoms with E-state index in [1.54, 1.807) is 36.4 Å². The van der Waals surface area contributed by atoms with Gasteiger partial charge in [-0.15, -0.1) is 0 Å². The average Bonchev–Trinajstić information content (AvgIpc) is 2.37. The van der Waals surface area contributed by atoms with Gasteiger partial charge in [-0.3, -0.25) is 0 Å².